The van der Waals surface area contributed by atoms with Crippen LogP contribution >= 0.6 is 15.9 Å². The van der Waals surface area contributed by atoms with Gasteiger partial charge < -0.3 is 14.6 Å². The van der Waals surface area contributed by atoms with Gasteiger partial charge in [0.2, 0.25) is 0 Å². The molecule has 0 aliphatic carbocycles. The Morgan fingerprint density at radius 2 is 2.30 bits per heavy atom. The highest BCUT2D eigenvalue weighted by Gasteiger charge is 2.34. The number of aromatic amines is 1. The molecule has 106 valence electrons. The third-order valence-corrected chi connectivity index (χ3v) is 3.82. The Bertz CT molecular complexity index is 751. The van der Waals surface area contributed by atoms with E-state index < -0.39 is 0 Å². The minimum absolute atomic E-state index is 0.0910. The molecule has 2 aromatic heterocycles. The largest absolute Gasteiger partial charge is 0.383 e. The van der Waals surface area contributed by atoms with E-state index in [0.717, 1.165) is 0 Å². The SMILES string of the molecule is COCC(C)N1Cc2c([nH]c3cc(Br)nn3c2=O)C1=O. The first-order valence-corrected chi connectivity index (χ1v) is 6.92. The van der Waals surface area contributed by atoms with Gasteiger partial charge in [-0.15, -0.1) is 0 Å². The summed E-state index contributed by atoms with van der Waals surface area (Å²) in [7, 11) is 1.58. The van der Waals surface area contributed by atoms with Crippen molar-refractivity contribution in [2.45, 2.75) is 19.5 Å². The van der Waals surface area contributed by atoms with Gasteiger partial charge in [-0.05, 0) is 22.9 Å². The lowest BCUT2D eigenvalue weighted by Gasteiger charge is -2.22. The van der Waals surface area contributed by atoms with Gasteiger partial charge >= 0.3 is 0 Å². The molecule has 1 amide bonds. The van der Waals surface area contributed by atoms with Crippen molar-refractivity contribution in [3.63, 3.8) is 0 Å². The number of methoxy groups -OCH3 is 1. The van der Waals surface area contributed by atoms with Crippen LogP contribution in [-0.4, -0.2) is 45.2 Å². The monoisotopic (exact) mass is 340 g/mol. The van der Waals surface area contributed by atoms with Crippen molar-refractivity contribution in [3.8, 4) is 0 Å². The summed E-state index contributed by atoms with van der Waals surface area (Å²) in [6.07, 6.45) is 0. The molecule has 0 saturated carbocycles. The number of nitrogens with one attached hydrogen (secondary N) is 1. The maximum Gasteiger partial charge on any atom is 0.280 e. The number of hydrogen-bond acceptors (Lipinski definition) is 4. The van der Waals surface area contributed by atoms with Crippen LogP contribution in [0.25, 0.3) is 5.65 Å². The van der Waals surface area contributed by atoms with E-state index in [4.69, 9.17) is 4.74 Å². The number of H-pyrrole nitrogens is 1. The Labute approximate surface area is 122 Å². The van der Waals surface area contributed by atoms with Gasteiger partial charge in [0.25, 0.3) is 11.5 Å². The van der Waals surface area contributed by atoms with E-state index in [1.54, 1.807) is 18.1 Å². The maximum atomic E-state index is 12.4. The first kappa shape index (κ1) is 13.3. The summed E-state index contributed by atoms with van der Waals surface area (Å²) < 4.78 is 6.88. The van der Waals surface area contributed by atoms with Crippen LogP contribution in [0.5, 0.6) is 0 Å². The number of nitrogens with zero attached hydrogens (tertiary/aromatic N) is 3. The van der Waals surface area contributed by atoms with Gasteiger partial charge in [0.05, 0.1) is 24.8 Å². The Morgan fingerprint density at radius 1 is 1.55 bits per heavy atom. The van der Waals surface area contributed by atoms with Crippen LogP contribution in [0.1, 0.15) is 23.0 Å². The number of fused-ring (bicyclic) bond motifs is 2. The zero-order chi connectivity index (χ0) is 14.4. The van der Waals surface area contributed by atoms with Crippen LogP contribution in [-0.2, 0) is 11.3 Å². The van der Waals surface area contributed by atoms with Gasteiger partial charge in [-0.25, -0.2) is 0 Å². The Hall–Kier alpha value is -1.67. The molecule has 3 rings (SSSR count). The molecule has 0 radical (unpaired) electrons. The van der Waals surface area contributed by atoms with Crippen molar-refractivity contribution < 1.29 is 9.53 Å². The van der Waals surface area contributed by atoms with E-state index in [0.29, 0.717) is 28.1 Å². The molecule has 0 bridgehead atoms. The summed E-state index contributed by atoms with van der Waals surface area (Å²) in [4.78, 5) is 29.3. The fourth-order valence-corrected chi connectivity index (χ4v) is 2.81. The summed E-state index contributed by atoms with van der Waals surface area (Å²) in [5.41, 5.74) is 1.02. The van der Waals surface area contributed by atoms with Crippen LogP contribution < -0.4 is 5.56 Å². The normalized spacial score (nSPS) is 15.9. The molecule has 0 fully saturated rings. The number of amides is 1. The molecule has 20 heavy (non-hydrogen) atoms. The molecule has 0 spiro atoms. The minimum atomic E-state index is -0.264. The number of hydrogen-bond donors (Lipinski definition) is 1. The Morgan fingerprint density at radius 3 is 3.00 bits per heavy atom. The van der Waals surface area contributed by atoms with Crippen molar-refractivity contribution in [2.24, 2.45) is 0 Å². The van der Waals surface area contributed by atoms with Crippen molar-refractivity contribution in [3.05, 3.63) is 32.3 Å². The molecule has 1 atom stereocenters. The zero-order valence-electron chi connectivity index (χ0n) is 11.0. The number of aromatic nitrogens is 3. The summed E-state index contributed by atoms with van der Waals surface area (Å²) in [6.45, 7) is 2.59. The summed E-state index contributed by atoms with van der Waals surface area (Å²) >= 11 is 3.22. The second-order valence-electron chi connectivity index (χ2n) is 4.79. The number of carbonyl (C=O) groups excluding carboxylic acids is 1. The molecule has 2 aromatic rings. The lowest BCUT2D eigenvalue weighted by molar-refractivity contribution is 0.0584. The Balaban J connectivity index is 2.10. The predicted octanol–water partition coefficient (Wildman–Crippen LogP) is 0.776. The van der Waals surface area contributed by atoms with Crippen molar-refractivity contribution in [1.29, 1.82) is 0 Å². The van der Waals surface area contributed by atoms with Gasteiger partial charge in [0.1, 0.15) is 15.9 Å². The molecule has 0 saturated heterocycles. The van der Waals surface area contributed by atoms with Crippen LogP contribution in [0, 0.1) is 0 Å². The van der Waals surface area contributed by atoms with Gasteiger partial charge in [-0.2, -0.15) is 9.61 Å². The molecular formula is C12H13BrN4O3. The lowest BCUT2D eigenvalue weighted by Crippen LogP contribution is -2.36. The minimum Gasteiger partial charge on any atom is -0.383 e. The fourth-order valence-electron chi connectivity index (χ4n) is 2.44. The molecule has 0 aromatic carbocycles. The van der Waals surface area contributed by atoms with E-state index in [9.17, 15) is 9.59 Å². The standard InChI is InChI=1S/C12H13BrN4O3/c1-6(5-20-2)16-4-7-10(12(16)19)14-9-3-8(13)15-17(9)11(7)18/h3,6,14H,4-5H2,1-2H3. The molecule has 7 nitrogen and oxygen atoms in total. The average molecular weight is 341 g/mol. The highest BCUT2D eigenvalue weighted by molar-refractivity contribution is 9.10. The van der Waals surface area contributed by atoms with Crippen LogP contribution in [0.4, 0.5) is 0 Å². The lowest BCUT2D eigenvalue weighted by atomic mass is 10.2. The van der Waals surface area contributed by atoms with E-state index >= 15 is 0 Å². The second-order valence-corrected chi connectivity index (χ2v) is 5.60. The highest BCUT2D eigenvalue weighted by Crippen LogP contribution is 2.22. The molecular weight excluding hydrogens is 328 g/mol. The van der Waals surface area contributed by atoms with Crippen molar-refractivity contribution in [2.75, 3.05) is 13.7 Å². The molecule has 3 heterocycles. The predicted molar refractivity (Wildman–Crippen MR) is 74.7 cm³/mol. The van der Waals surface area contributed by atoms with Crippen LogP contribution in [0.3, 0.4) is 0 Å². The highest BCUT2D eigenvalue weighted by atomic mass is 79.9. The van der Waals surface area contributed by atoms with Crippen LogP contribution in [0.15, 0.2) is 15.5 Å². The summed E-state index contributed by atoms with van der Waals surface area (Å²) in [5.74, 6) is -0.179. The summed E-state index contributed by atoms with van der Waals surface area (Å²) in [5, 5.41) is 4.06. The number of rotatable bonds is 3. The van der Waals surface area contributed by atoms with Gasteiger partial charge in [-0.3, -0.25) is 9.59 Å². The van der Waals surface area contributed by atoms with Crippen molar-refractivity contribution >= 4 is 27.5 Å². The van der Waals surface area contributed by atoms with E-state index in [1.165, 1.54) is 4.52 Å². The summed E-state index contributed by atoms with van der Waals surface area (Å²) in [6, 6.07) is 1.57. The molecule has 1 unspecified atom stereocenters. The third-order valence-electron chi connectivity index (χ3n) is 3.43. The number of halogens is 1. The van der Waals surface area contributed by atoms with Crippen LogP contribution in [0.2, 0.25) is 0 Å². The van der Waals surface area contributed by atoms with E-state index in [2.05, 4.69) is 26.0 Å². The van der Waals surface area contributed by atoms with E-state index in [-0.39, 0.29) is 24.1 Å². The quantitative estimate of drug-likeness (QED) is 0.895. The molecule has 8 heteroatoms. The molecule has 1 N–H and O–H groups in total. The molecule has 1 aliphatic heterocycles. The van der Waals surface area contributed by atoms with E-state index in [1.807, 2.05) is 6.92 Å². The second kappa shape index (κ2) is 4.71. The fraction of sp³-hybridized carbons (Fsp3) is 0.417. The average Bonchev–Trinajstić information content (AvgIpc) is 2.92. The Kier molecular flexibility index (Phi) is 3.14. The smallest absolute Gasteiger partial charge is 0.280 e. The van der Waals surface area contributed by atoms with Gasteiger partial charge in [-0.1, -0.05) is 0 Å². The molecule has 1 aliphatic rings. The first-order valence-electron chi connectivity index (χ1n) is 6.13. The maximum absolute atomic E-state index is 12.4. The zero-order valence-corrected chi connectivity index (χ0v) is 12.6. The number of ether oxygens (including phenoxy) is 1. The number of carbonyl (C=O) groups is 1. The van der Waals surface area contributed by atoms with Gasteiger partial charge in [0.15, 0.2) is 0 Å². The van der Waals surface area contributed by atoms with Gasteiger partial charge in [0, 0.05) is 13.2 Å². The van der Waals surface area contributed by atoms with Crippen molar-refractivity contribution in [1.82, 2.24) is 19.5 Å². The topological polar surface area (TPSA) is 79.7 Å². The third kappa shape index (κ3) is 1.87. The first-order chi connectivity index (χ1) is 9.52.